The van der Waals surface area contributed by atoms with Crippen LogP contribution in [0.15, 0.2) is 109 Å². The van der Waals surface area contributed by atoms with Gasteiger partial charge in [0.15, 0.2) is 0 Å². The van der Waals surface area contributed by atoms with Gasteiger partial charge in [0, 0.05) is 43.7 Å². The SMILES string of the molecule is Cn1c(CCc2ccc(C(=N)N)cc2)nc2cc(N(Cc3cccc4ccccc34)C(=O)CNCc3ccncc3)ccc21. The summed E-state index contributed by atoms with van der Waals surface area (Å²) in [6, 6.07) is 32.3. The molecule has 0 aliphatic heterocycles. The average Bonchev–Trinajstić information content (AvgIpc) is 3.37. The monoisotopic (exact) mass is 581 g/mol. The molecule has 6 aromatic rings. The van der Waals surface area contributed by atoms with Gasteiger partial charge in [-0.2, -0.15) is 0 Å². The molecule has 0 bridgehead atoms. The first-order valence-electron chi connectivity index (χ1n) is 14.7. The van der Waals surface area contributed by atoms with Gasteiger partial charge in [0.1, 0.15) is 11.7 Å². The van der Waals surface area contributed by atoms with Gasteiger partial charge < -0.3 is 20.5 Å². The lowest BCUT2D eigenvalue weighted by molar-refractivity contribution is -0.117. The van der Waals surface area contributed by atoms with Gasteiger partial charge in [0.05, 0.1) is 24.1 Å². The summed E-state index contributed by atoms with van der Waals surface area (Å²) >= 11 is 0. The van der Waals surface area contributed by atoms with Crippen LogP contribution in [0.25, 0.3) is 21.8 Å². The molecule has 0 spiro atoms. The van der Waals surface area contributed by atoms with Crippen molar-refractivity contribution in [2.75, 3.05) is 11.4 Å². The minimum atomic E-state index is -0.0171. The van der Waals surface area contributed by atoms with Gasteiger partial charge in [0.25, 0.3) is 0 Å². The number of nitrogen functional groups attached to an aromatic ring is 1. The molecule has 0 aliphatic rings. The fourth-order valence-corrected chi connectivity index (χ4v) is 5.57. The molecule has 1 amide bonds. The molecule has 0 aliphatic carbocycles. The number of rotatable bonds is 11. The average molecular weight is 582 g/mol. The standard InChI is InChI=1S/C36H35N7O/c1-42-33-15-14-30(21-32(33)41-34(42)16-11-25-9-12-28(13-10-25)36(37)38)43(35(44)23-40-22-26-17-19-39-20-18-26)24-29-7-4-6-27-5-2-3-8-31(27)29/h2-10,12-15,17-21,40H,11,16,22-24H2,1H3,(H3,37,38). The Morgan fingerprint density at radius 1 is 0.909 bits per heavy atom. The van der Waals surface area contributed by atoms with E-state index in [0.717, 1.165) is 68.4 Å². The molecule has 8 nitrogen and oxygen atoms in total. The molecule has 2 aromatic heterocycles. The highest BCUT2D eigenvalue weighted by atomic mass is 16.2. The summed E-state index contributed by atoms with van der Waals surface area (Å²) in [6.07, 6.45) is 5.09. The highest BCUT2D eigenvalue weighted by Gasteiger charge is 2.19. The van der Waals surface area contributed by atoms with Crippen LogP contribution in [0.5, 0.6) is 0 Å². The van der Waals surface area contributed by atoms with Gasteiger partial charge in [-0.05, 0) is 64.2 Å². The molecule has 0 atom stereocenters. The Balaban J connectivity index is 1.26. The molecule has 4 aromatic carbocycles. The van der Waals surface area contributed by atoms with Crippen LogP contribution in [0.2, 0.25) is 0 Å². The van der Waals surface area contributed by atoms with E-state index in [0.29, 0.717) is 13.1 Å². The number of amidine groups is 1. The fraction of sp³-hybridized carbons (Fsp3) is 0.167. The minimum Gasteiger partial charge on any atom is -0.384 e. The maximum absolute atomic E-state index is 13.8. The van der Waals surface area contributed by atoms with Crippen LogP contribution in [0.4, 0.5) is 5.69 Å². The molecule has 6 rings (SSSR count). The minimum absolute atomic E-state index is 0.0171. The lowest BCUT2D eigenvalue weighted by atomic mass is 10.0. The zero-order valence-electron chi connectivity index (χ0n) is 24.7. The van der Waals surface area contributed by atoms with E-state index < -0.39 is 0 Å². The van der Waals surface area contributed by atoms with Crippen molar-refractivity contribution in [3.63, 3.8) is 0 Å². The number of carbonyl (C=O) groups is 1. The number of hydrogen-bond acceptors (Lipinski definition) is 5. The molecular weight excluding hydrogens is 546 g/mol. The number of imidazole rings is 1. The van der Waals surface area contributed by atoms with E-state index in [2.05, 4.69) is 45.2 Å². The van der Waals surface area contributed by atoms with E-state index in [9.17, 15) is 4.79 Å². The quantitative estimate of drug-likeness (QED) is 0.138. The van der Waals surface area contributed by atoms with Crippen molar-refractivity contribution in [2.24, 2.45) is 12.8 Å². The number of pyridine rings is 1. The van der Waals surface area contributed by atoms with Crippen LogP contribution in [0.1, 0.15) is 28.1 Å². The van der Waals surface area contributed by atoms with Crippen molar-refractivity contribution < 1.29 is 4.79 Å². The molecule has 0 saturated heterocycles. The first-order valence-corrected chi connectivity index (χ1v) is 14.7. The zero-order chi connectivity index (χ0) is 30.5. The second kappa shape index (κ2) is 12.9. The summed E-state index contributed by atoms with van der Waals surface area (Å²) in [4.78, 5) is 24.7. The number of nitrogens with one attached hydrogen (secondary N) is 2. The molecule has 0 unspecified atom stereocenters. The van der Waals surface area contributed by atoms with E-state index in [1.165, 1.54) is 0 Å². The van der Waals surface area contributed by atoms with Gasteiger partial charge in [0.2, 0.25) is 5.91 Å². The highest BCUT2D eigenvalue weighted by molar-refractivity contribution is 5.97. The van der Waals surface area contributed by atoms with Crippen molar-refractivity contribution >= 4 is 39.2 Å². The van der Waals surface area contributed by atoms with E-state index in [1.54, 1.807) is 12.4 Å². The number of aromatic nitrogens is 3. The Kier molecular flexibility index (Phi) is 8.43. The Bertz CT molecular complexity index is 1920. The van der Waals surface area contributed by atoms with Gasteiger partial charge >= 0.3 is 0 Å². The summed E-state index contributed by atoms with van der Waals surface area (Å²) in [5.74, 6) is 1.02. The first-order chi connectivity index (χ1) is 21.5. The number of aryl methyl sites for hydroxylation is 3. The fourth-order valence-electron chi connectivity index (χ4n) is 5.57. The number of carbonyl (C=O) groups excluding carboxylic acids is 1. The van der Waals surface area contributed by atoms with Crippen LogP contribution in [-0.4, -0.2) is 32.8 Å². The summed E-state index contributed by atoms with van der Waals surface area (Å²) in [5, 5.41) is 13.2. The second-order valence-corrected chi connectivity index (χ2v) is 10.9. The molecule has 4 N–H and O–H groups in total. The van der Waals surface area contributed by atoms with E-state index in [1.807, 2.05) is 78.7 Å². The Hall–Kier alpha value is -5.34. The molecule has 0 radical (unpaired) electrons. The molecule has 44 heavy (non-hydrogen) atoms. The van der Waals surface area contributed by atoms with Crippen LogP contribution in [0.3, 0.4) is 0 Å². The van der Waals surface area contributed by atoms with Crippen molar-refractivity contribution in [1.29, 1.82) is 5.41 Å². The van der Waals surface area contributed by atoms with Gasteiger partial charge in [-0.25, -0.2) is 4.98 Å². The molecule has 220 valence electrons. The van der Waals surface area contributed by atoms with Crippen molar-refractivity contribution in [3.8, 4) is 0 Å². The lowest BCUT2D eigenvalue weighted by Gasteiger charge is -2.24. The predicted octanol–water partition coefficient (Wildman–Crippen LogP) is 5.51. The predicted molar refractivity (Wildman–Crippen MR) is 177 cm³/mol. The van der Waals surface area contributed by atoms with Gasteiger partial charge in [-0.3, -0.25) is 15.2 Å². The number of benzene rings is 4. The van der Waals surface area contributed by atoms with Crippen molar-refractivity contribution in [2.45, 2.75) is 25.9 Å². The third-order valence-electron chi connectivity index (χ3n) is 8.04. The molecular formula is C36H35N7O. The second-order valence-electron chi connectivity index (χ2n) is 10.9. The van der Waals surface area contributed by atoms with E-state index >= 15 is 0 Å². The molecule has 8 heteroatoms. The largest absolute Gasteiger partial charge is 0.384 e. The van der Waals surface area contributed by atoms with Crippen LogP contribution < -0.4 is 16.0 Å². The van der Waals surface area contributed by atoms with Gasteiger partial charge in [-0.1, -0.05) is 66.7 Å². The Morgan fingerprint density at radius 2 is 1.68 bits per heavy atom. The zero-order valence-corrected chi connectivity index (χ0v) is 24.7. The molecule has 2 heterocycles. The first kappa shape index (κ1) is 28.8. The number of nitrogens with zero attached hydrogens (tertiary/aromatic N) is 4. The molecule has 0 saturated carbocycles. The Morgan fingerprint density at radius 3 is 2.48 bits per heavy atom. The Labute approximate surface area is 256 Å². The third kappa shape index (κ3) is 6.35. The third-order valence-corrected chi connectivity index (χ3v) is 8.04. The number of anilines is 1. The maximum atomic E-state index is 13.8. The van der Waals surface area contributed by atoms with Crippen molar-refractivity contribution in [3.05, 3.63) is 138 Å². The number of hydrogen-bond donors (Lipinski definition) is 3. The smallest absolute Gasteiger partial charge is 0.241 e. The molecule has 0 fully saturated rings. The number of nitrogens with two attached hydrogens (primary N) is 1. The van der Waals surface area contributed by atoms with Crippen molar-refractivity contribution in [1.82, 2.24) is 19.9 Å². The highest BCUT2D eigenvalue weighted by Crippen LogP contribution is 2.27. The summed E-state index contributed by atoms with van der Waals surface area (Å²) in [6.45, 7) is 1.22. The maximum Gasteiger partial charge on any atom is 0.241 e. The normalized spacial score (nSPS) is 11.2. The van der Waals surface area contributed by atoms with Crippen LogP contribution >= 0.6 is 0 Å². The van der Waals surface area contributed by atoms with Crippen LogP contribution in [-0.2, 0) is 37.8 Å². The van der Waals surface area contributed by atoms with E-state index in [-0.39, 0.29) is 18.3 Å². The van der Waals surface area contributed by atoms with Crippen LogP contribution in [0, 0.1) is 5.41 Å². The lowest BCUT2D eigenvalue weighted by Crippen LogP contribution is -2.37. The van der Waals surface area contributed by atoms with E-state index in [4.69, 9.17) is 16.1 Å². The summed E-state index contributed by atoms with van der Waals surface area (Å²) in [7, 11) is 2.03. The summed E-state index contributed by atoms with van der Waals surface area (Å²) < 4.78 is 2.12. The van der Waals surface area contributed by atoms with Gasteiger partial charge in [-0.15, -0.1) is 0 Å². The number of fused-ring (bicyclic) bond motifs is 2. The topological polar surface area (TPSA) is 113 Å². The number of amides is 1. The summed E-state index contributed by atoms with van der Waals surface area (Å²) in [5.41, 5.74) is 12.3.